The average molecular weight is 257 g/mol. The fraction of sp³-hybridized carbons (Fsp3) is 0.250. The van der Waals surface area contributed by atoms with E-state index in [4.69, 9.17) is 0 Å². The van der Waals surface area contributed by atoms with Crippen LogP contribution in [0.2, 0.25) is 0 Å². The Labute approximate surface area is 113 Å². The SMILES string of the molecule is CC(NCC(O)c1ccccc1)c1ccccc1O. The predicted octanol–water partition coefficient (Wildman–Crippen LogP) is 2.78. The van der Waals surface area contributed by atoms with E-state index in [1.165, 1.54) is 0 Å². The summed E-state index contributed by atoms with van der Waals surface area (Å²) in [5.74, 6) is 0.275. The summed E-state index contributed by atoms with van der Waals surface area (Å²) in [5.41, 5.74) is 1.72. The number of para-hydroxylation sites is 1. The maximum atomic E-state index is 10.1. The summed E-state index contributed by atoms with van der Waals surface area (Å²) in [6.45, 7) is 2.41. The van der Waals surface area contributed by atoms with E-state index < -0.39 is 6.10 Å². The minimum atomic E-state index is -0.547. The van der Waals surface area contributed by atoms with Gasteiger partial charge in [0, 0.05) is 18.2 Å². The minimum absolute atomic E-state index is 0.0143. The summed E-state index contributed by atoms with van der Waals surface area (Å²) in [6.07, 6.45) is -0.547. The van der Waals surface area contributed by atoms with Crippen molar-refractivity contribution in [2.45, 2.75) is 19.1 Å². The highest BCUT2D eigenvalue weighted by Gasteiger charge is 2.12. The molecule has 0 saturated carbocycles. The van der Waals surface area contributed by atoms with Crippen molar-refractivity contribution in [1.82, 2.24) is 5.32 Å². The minimum Gasteiger partial charge on any atom is -0.508 e. The van der Waals surface area contributed by atoms with E-state index in [1.54, 1.807) is 12.1 Å². The summed E-state index contributed by atoms with van der Waals surface area (Å²) >= 11 is 0. The molecular formula is C16H19NO2. The molecule has 0 bridgehead atoms. The van der Waals surface area contributed by atoms with E-state index in [0.29, 0.717) is 6.54 Å². The van der Waals surface area contributed by atoms with Gasteiger partial charge in [0.05, 0.1) is 6.10 Å². The molecule has 2 atom stereocenters. The van der Waals surface area contributed by atoms with Crippen LogP contribution in [0.5, 0.6) is 5.75 Å². The average Bonchev–Trinajstić information content (AvgIpc) is 2.46. The van der Waals surface area contributed by atoms with Crippen molar-refractivity contribution in [3.63, 3.8) is 0 Å². The van der Waals surface area contributed by atoms with E-state index in [1.807, 2.05) is 49.4 Å². The molecule has 0 radical (unpaired) electrons. The third-order valence-electron chi connectivity index (χ3n) is 3.20. The van der Waals surface area contributed by atoms with Gasteiger partial charge in [-0.3, -0.25) is 0 Å². The smallest absolute Gasteiger partial charge is 0.120 e. The first kappa shape index (κ1) is 13.6. The molecule has 0 heterocycles. The Morgan fingerprint density at radius 3 is 2.32 bits per heavy atom. The van der Waals surface area contributed by atoms with Crippen LogP contribution >= 0.6 is 0 Å². The zero-order valence-electron chi connectivity index (χ0n) is 11.0. The Bertz CT molecular complexity index is 513. The lowest BCUT2D eigenvalue weighted by molar-refractivity contribution is 0.170. The van der Waals surface area contributed by atoms with Crippen molar-refractivity contribution in [2.24, 2.45) is 0 Å². The molecule has 0 aromatic heterocycles. The largest absolute Gasteiger partial charge is 0.508 e. The van der Waals surface area contributed by atoms with Crippen molar-refractivity contribution >= 4 is 0 Å². The van der Waals surface area contributed by atoms with Gasteiger partial charge in [0.15, 0.2) is 0 Å². The summed E-state index contributed by atoms with van der Waals surface area (Å²) in [7, 11) is 0. The fourth-order valence-corrected chi connectivity index (χ4v) is 2.05. The Hall–Kier alpha value is -1.84. The number of benzene rings is 2. The van der Waals surface area contributed by atoms with Gasteiger partial charge in [0.2, 0.25) is 0 Å². The maximum Gasteiger partial charge on any atom is 0.120 e. The quantitative estimate of drug-likeness (QED) is 0.772. The molecule has 0 aliphatic rings. The molecule has 0 amide bonds. The second-order valence-electron chi connectivity index (χ2n) is 4.62. The van der Waals surface area contributed by atoms with Crippen molar-refractivity contribution in [3.8, 4) is 5.75 Å². The van der Waals surface area contributed by atoms with Crippen LogP contribution in [-0.4, -0.2) is 16.8 Å². The Morgan fingerprint density at radius 1 is 1.00 bits per heavy atom. The number of aliphatic hydroxyl groups excluding tert-OH is 1. The van der Waals surface area contributed by atoms with Crippen LogP contribution in [0.1, 0.15) is 30.2 Å². The van der Waals surface area contributed by atoms with E-state index in [-0.39, 0.29) is 11.8 Å². The third-order valence-corrected chi connectivity index (χ3v) is 3.20. The van der Waals surface area contributed by atoms with Crippen LogP contribution in [0.15, 0.2) is 54.6 Å². The van der Waals surface area contributed by atoms with E-state index in [0.717, 1.165) is 11.1 Å². The molecule has 2 unspecified atom stereocenters. The maximum absolute atomic E-state index is 10.1. The highest BCUT2D eigenvalue weighted by atomic mass is 16.3. The lowest BCUT2D eigenvalue weighted by Crippen LogP contribution is -2.24. The highest BCUT2D eigenvalue weighted by Crippen LogP contribution is 2.23. The molecule has 2 rings (SSSR count). The van der Waals surface area contributed by atoms with Gasteiger partial charge in [-0.05, 0) is 18.6 Å². The summed E-state index contributed by atoms with van der Waals surface area (Å²) in [5, 5.41) is 23.0. The number of hydrogen-bond acceptors (Lipinski definition) is 3. The second-order valence-corrected chi connectivity index (χ2v) is 4.62. The van der Waals surface area contributed by atoms with Gasteiger partial charge in [-0.15, -0.1) is 0 Å². The number of aromatic hydroxyl groups is 1. The molecule has 0 saturated heterocycles. The second kappa shape index (κ2) is 6.36. The van der Waals surface area contributed by atoms with Crippen LogP contribution in [-0.2, 0) is 0 Å². The summed E-state index contributed by atoms with van der Waals surface area (Å²) < 4.78 is 0. The Morgan fingerprint density at radius 2 is 1.63 bits per heavy atom. The number of phenolic OH excluding ortho intramolecular Hbond substituents is 1. The predicted molar refractivity (Wildman–Crippen MR) is 75.9 cm³/mol. The van der Waals surface area contributed by atoms with E-state index in [2.05, 4.69) is 5.32 Å². The molecule has 0 aliphatic carbocycles. The van der Waals surface area contributed by atoms with Crippen molar-refractivity contribution in [2.75, 3.05) is 6.54 Å². The van der Waals surface area contributed by atoms with Crippen LogP contribution < -0.4 is 5.32 Å². The zero-order valence-corrected chi connectivity index (χ0v) is 11.0. The molecule has 2 aromatic rings. The lowest BCUT2D eigenvalue weighted by atomic mass is 10.1. The third kappa shape index (κ3) is 3.56. The van der Waals surface area contributed by atoms with Crippen LogP contribution in [0.25, 0.3) is 0 Å². The van der Waals surface area contributed by atoms with Gasteiger partial charge in [0.1, 0.15) is 5.75 Å². The molecule has 0 fully saturated rings. The summed E-state index contributed by atoms with van der Waals surface area (Å²) in [6, 6.07) is 16.8. The Kier molecular flexibility index (Phi) is 4.55. The molecule has 3 N–H and O–H groups in total. The molecule has 19 heavy (non-hydrogen) atoms. The van der Waals surface area contributed by atoms with Crippen molar-refractivity contribution < 1.29 is 10.2 Å². The van der Waals surface area contributed by atoms with Crippen LogP contribution in [0.4, 0.5) is 0 Å². The first-order valence-electron chi connectivity index (χ1n) is 6.43. The van der Waals surface area contributed by atoms with Gasteiger partial charge in [-0.1, -0.05) is 48.5 Å². The molecule has 0 spiro atoms. The van der Waals surface area contributed by atoms with Crippen LogP contribution in [0, 0.1) is 0 Å². The van der Waals surface area contributed by atoms with Gasteiger partial charge >= 0.3 is 0 Å². The number of hydrogen-bond donors (Lipinski definition) is 3. The van der Waals surface area contributed by atoms with Crippen LogP contribution in [0.3, 0.4) is 0 Å². The number of rotatable bonds is 5. The van der Waals surface area contributed by atoms with Gasteiger partial charge < -0.3 is 15.5 Å². The highest BCUT2D eigenvalue weighted by molar-refractivity contribution is 5.34. The fourth-order valence-electron chi connectivity index (χ4n) is 2.05. The van der Waals surface area contributed by atoms with Gasteiger partial charge in [-0.25, -0.2) is 0 Å². The molecule has 3 nitrogen and oxygen atoms in total. The topological polar surface area (TPSA) is 52.5 Å². The van der Waals surface area contributed by atoms with Gasteiger partial charge in [-0.2, -0.15) is 0 Å². The molecule has 100 valence electrons. The van der Waals surface area contributed by atoms with Crippen molar-refractivity contribution in [3.05, 3.63) is 65.7 Å². The summed E-state index contributed by atoms with van der Waals surface area (Å²) in [4.78, 5) is 0. The number of nitrogens with one attached hydrogen (secondary N) is 1. The normalized spacial score (nSPS) is 14.0. The standard InChI is InChI=1S/C16H19NO2/c1-12(14-9-5-6-10-15(14)18)17-11-16(19)13-7-3-2-4-8-13/h2-10,12,16-19H,11H2,1H3. The monoisotopic (exact) mass is 257 g/mol. The zero-order chi connectivity index (χ0) is 13.7. The number of aliphatic hydroxyl groups is 1. The Balaban J connectivity index is 1.94. The van der Waals surface area contributed by atoms with Gasteiger partial charge in [0.25, 0.3) is 0 Å². The first-order chi connectivity index (χ1) is 9.18. The molecular weight excluding hydrogens is 238 g/mol. The van der Waals surface area contributed by atoms with Crippen molar-refractivity contribution in [1.29, 1.82) is 0 Å². The van der Waals surface area contributed by atoms with E-state index >= 15 is 0 Å². The van der Waals surface area contributed by atoms with E-state index in [9.17, 15) is 10.2 Å². The first-order valence-corrected chi connectivity index (χ1v) is 6.43. The molecule has 2 aromatic carbocycles. The molecule has 0 aliphatic heterocycles. The lowest BCUT2D eigenvalue weighted by Gasteiger charge is -2.18. The number of phenols is 1. The molecule has 3 heteroatoms.